The van der Waals surface area contributed by atoms with Gasteiger partial charge in [0.05, 0.1) is 19.3 Å². The highest BCUT2D eigenvalue weighted by atomic mass is 16.5. The average molecular weight is 339 g/mol. The second-order valence-corrected chi connectivity index (χ2v) is 6.33. The number of methoxy groups -OCH3 is 1. The van der Waals surface area contributed by atoms with E-state index in [4.69, 9.17) is 4.74 Å². The van der Waals surface area contributed by atoms with Crippen molar-refractivity contribution < 1.29 is 24.9 Å². The molecule has 6 nitrogen and oxygen atoms in total. The maximum atomic E-state index is 11.8. The minimum absolute atomic E-state index is 0.0191. The third-order valence-corrected chi connectivity index (χ3v) is 3.96. The molecule has 0 aliphatic carbocycles. The van der Waals surface area contributed by atoms with Crippen LogP contribution in [0.3, 0.4) is 0 Å². The van der Waals surface area contributed by atoms with Crippen LogP contribution in [0.4, 0.5) is 0 Å². The molecule has 1 aromatic rings. The average Bonchev–Trinajstić information content (AvgIpc) is 2.56. The summed E-state index contributed by atoms with van der Waals surface area (Å²) >= 11 is 0. The summed E-state index contributed by atoms with van der Waals surface area (Å²) in [6.45, 7) is 4.09. The van der Waals surface area contributed by atoms with E-state index >= 15 is 0 Å². The van der Waals surface area contributed by atoms with Crippen LogP contribution in [0.2, 0.25) is 0 Å². The Labute approximate surface area is 143 Å². The van der Waals surface area contributed by atoms with Crippen molar-refractivity contribution in [2.75, 3.05) is 7.11 Å². The number of unbranched alkanes of at least 4 members (excludes halogenated alkanes) is 1. The predicted octanol–water partition coefficient (Wildman–Crippen LogP) is 1.96. The van der Waals surface area contributed by atoms with E-state index in [1.165, 1.54) is 13.2 Å². The molecule has 0 spiro atoms. The number of carbonyl (C=O) groups is 1. The number of rotatable bonds is 10. The highest BCUT2D eigenvalue weighted by molar-refractivity contribution is 5.75. The predicted molar refractivity (Wildman–Crippen MR) is 91.8 cm³/mol. The second kappa shape index (κ2) is 10.2. The maximum absolute atomic E-state index is 11.8. The van der Waals surface area contributed by atoms with Crippen molar-refractivity contribution in [3.8, 4) is 11.5 Å². The Morgan fingerprint density at radius 2 is 1.96 bits per heavy atom. The molecule has 2 atom stereocenters. The first-order valence-electron chi connectivity index (χ1n) is 8.33. The number of hydrogen-bond acceptors (Lipinski definition) is 5. The molecule has 0 aromatic heterocycles. The van der Waals surface area contributed by atoms with Crippen LogP contribution in [0.1, 0.15) is 45.1 Å². The number of amides is 1. The molecule has 6 heteroatoms. The number of phenolic OH excluding ortho intramolecular Hbond substituents is 1. The summed E-state index contributed by atoms with van der Waals surface area (Å²) in [5, 5.41) is 31.8. The Morgan fingerprint density at radius 1 is 1.25 bits per heavy atom. The Kier molecular flexibility index (Phi) is 8.57. The van der Waals surface area contributed by atoms with Gasteiger partial charge >= 0.3 is 0 Å². The van der Waals surface area contributed by atoms with Gasteiger partial charge in [-0.2, -0.15) is 0 Å². The van der Waals surface area contributed by atoms with Gasteiger partial charge in [-0.3, -0.25) is 4.79 Å². The topological polar surface area (TPSA) is 99.0 Å². The van der Waals surface area contributed by atoms with Crippen molar-refractivity contribution in [3.63, 3.8) is 0 Å². The normalized spacial score (nSPS) is 13.6. The number of hydrogen-bond donors (Lipinski definition) is 4. The standard InChI is InChI=1S/C18H29NO5/c1-12(2)18(23)15(21)6-4-5-7-17(22)19-11-13-8-9-14(20)16(10-13)24-3/h8-10,12,15,18,20-21,23H,4-7,11H2,1-3H3,(H,19,22)/t15-,18-/m0/s1. The quantitative estimate of drug-likeness (QED) is 0.488. The highest BCUT2D eigenvalue weighted by Gasteiger charge is 2.19. The van der Waals surface area contributed by atoms with Crippen LogP contribution >= 0.6 is 0 Å². The molecule has 0 fully saturated rings. The van der Waals surface area contributed by atoms with Gasteiger partial charge in [0.25, 0.3) is 0 Å². The molecule has 1 aromatic carbocycles. The Morgan fingerprint density at radius 3 is 2.58 bits per heavy atom. The zero-order valence-electron chi connectivity index (χ0n) is 14.7. The molecular weight excluding hydrogens is 310 g/mol. The van der Waals surface area contributed by atoms with Crippen LogP contribution in [0, 0.1) is 5.92 Å². The van der Waals surface area contributed by atoms with Crippen molar-refractivity contribution in [2.24, 2.45) is 5.92 Å². The van der Waals surface area contributed by atoms with E-state index in [0.717, 1.165) is 5.56 Å². The lowest BCUT2D eigenvalue weighted by molar-refractivity contribution is -0.121. The summed E-state index contributed by atoms with van der Waals surface area (Å²) in [7, 11) is 1.47. The van der Waals surface area contributed by atoms with Crippen molar-refractivity contribution in [2.45, 2.75) is 58.3 Å². The molecule has 0 radical (unpaired) electrons. The van der Waals surface area contributed by atoms with Gasteiger partial charge in [-0.15, -0.1) is 0 Å². The van der Waals surface area contributed by atoms with Crippen LogP contribution in [0.5, 0.6) is 11.5 Å². The Bertz CT molecular complexity index is 518. The summed E-state index contributed by atoms with van der Waals surface area (Å²) in [6, 6.07) is 4.93. The molecule has 1 amide bonds. The minimum atomic E-state index is -0.738. The van der Waals surface area contributed by atoms with Crippen molar-refractivity contribution in [3.05, 3.63) is 23.8 Å². The van der Waals surface area contributed by atoms with E-state index in [-0.39, 0.29) is 17.6 Å². The Hall–Kier alpha value is -1.79. The van der Waals surface area contributed by atoms with Crippen LogP contribution in [0.25, 0.3) is 0 Å². The van der Waals surface area contributed by atoms with E-state index in [2.05, 4.69) is 5.32 Å². The molecule has 0 unspecified atom stereocenters. The number of nitrogens with one attached hydrogen (secondary N) is 1. The molecular formula is C18H29NO5. The van der Waals surface area contributed by atoms with Gasteiger partial charge in [-0.25, -0.2) is 0 Å². The third kappa shape index (κ3) is 6.76. The first kappa shape index (κ1) is 20.3. The summed E-state index contributed by atoms with van der Waals surface area (Å²) in [5.74, 6) is 0.390. The largest absolute Gasteiger partial charge is 0.504 e. The number of phenols is 1. The lowest BCUT2D eigenvalue weighted by atomic mass is 9.97. The molecule has 0 aliphatic rings. The van der Waals surface area contributed by atoms with Gasteiger partial charge in [-0.1, -0.05) is 26.3 Å². The molecule has 0 heterocycles. The zero-order chi connectivity index (χ0) is 18.1. The summed E-state index contributed by atoms with van der Waals surface area (Å²) in [6.07, 6.45) is 0.750. The van der Waals surface area contributed by atoms with Crippen LogP contribution in [0.15, 0.2) is 18.2 Å². The Balaban J connectivity index is 2.25. The van der Waals surface area contributed by atoms with Crippen LogP contribution in [-0.2, 0) is 11.3 Å². The monoisotopic (exact) mass is 339 g/mol. The summed E-state index contributed by atoms with van der Waals surface area (Å²) in [4.78, 5) is 11.8. The fourth-order valence-corrected chi connectivity index (χ4v) is 2.38. The number of carbonyl (C=O) groups excluding carboxylic acids is 1. The lowest BCUT2D eigenvalue weighted by Gasteiger charge is -2.20. The number of aromatic hydroxyl groups is 1. The second-order valence-electron chi connectivity index (χ2n) is 6.33. The van der Waals surface area contributed by atoms with E-state index in [1.807, 2.05) is 13.8 Å². The third-order valence-electron chi connectivity index (χ3n) is 3.96. The SMILES string of the molecule is COc1cc(CNC(=O)CCCC[C@H](O)[C@@H](O)C(C)C)ccc1O. The lowest BCUT2D eigenvalue weighted by Crippen LogP contribution is -2.30. The van der Waals surface area contributed by atoms with E-state index in [9.17, 15) is 20.1 Å². The number of aliphatic hydroxyl groups is 2. The molecule has 4 N–H and O–H groups in total. The van der Waals surface area contributed by atoms with E-state index in [0.29, 0.717) is 38.0 Å². The number of benzene rings is 1. The summed E-state index contributed by atoms with van der Waals surface area (Å²) in [5.41, 5.74) is 0.841. The highest BCUT2D eigenvalue weighted by Crippen LogP contribution is 2.26. The zero-order valence-corrected chi connectivity index (χ0v) is 14.7. The van der Waals surface area contributed by atoms with E-state index < -0.39 is 12.2 Å². The molecule has 1 rings (SSSR count). The first-order valence-corrected chi connectivity index (χ1v) is 8.33. The number of ether oxygens (including phenoxy) is 1. The van der Waals surface area contributed by atoms with Crippen molar-refractivity contribution >= 4 is 5.91 Å². The molecule has 24 heavy (non-hydrogen) atoms. The first-order chi connectivity index (χ1) is 11.3. The van der Waals surface area contributed by atoms with Crippen molar-refractivity contribution in [1.29, 1.82) is 0 Å². The minimum Gasteiger partial charge on any atom is -0.504 e. The van der Waals surface area contributed by atoms with Gasteiger partial charge in [0.1, 0.15) is 0 Å². The molecule has 0 aliphatic heterocycles. The fraction of sp³-hybridized carbons (Fsp3) is 0.611. The summed E-state index contributed by atoms with van der Waals surface area (Å²) < 4.78 is 5.02. The van der Waals surface area contributed by atoms with Gasteiger partial charge in [-0.05, 0) is 36.5 Å². The molecule has 0 bridgehead atoms. The van der Waals surface area contributed by atoms with E-state index in [1.54, 1.807) is 12.1 Å². The van der Waals surface area contributed by atoms with Crippen LogP contribution in [-0.4, -0.2) is 40.5 Å². The van der Waals surface area contributed by atoms with Gasteiger partial charge in [0.2, 0.25) is 5.91 Å². The van der Waals surface area contributed by atoms with Crippen LogP contribution < -0.4 is 10.1 Å². The fourth-order valence-electron chi connectivity index (χ4n) is 2.38. The van der Waals surface area contributed by atoms with Gasteiger partial charge < -0.3 is 25.4 Å². The van der Waals surface area contributed by atoms with Gasteiger partial charge in [0, 0.05) is 13.0 Å². The molecule has 136 valence electrons. The van der Waals surface area contributed by atoms with Gasteiger partial charge in [0.15, 0.2) is 11.5 Å². The molecule has 0 saturated carbocycles. The number of aliphatic hydroxyl groups excluding tert-OH is 2. The smallest absolute Gasteiger partial charge is 0.220 e. The molecule has 0 saturated heterocycles. The maximum Gasteiger partial charge on any atom is 0.220 e. The van der Waals surface area contributed by atoms with Crippen molar-refractivity contribution in [1.82, 2.24) is 5.32 Å².